The monoisotopic (exact) mass is 282 g/mol. The molecule has 1 unspecified atom stereocenters. The number of hydrogen-bond acceptors (Lipinski definition) is 5. The molecule has 0 aliphatic heterocycles. The van der Waals surface area contributed by atoms with E-state index in [-0.39, 0.29) is 12.6 Å². The number of aliphatic hydroxyl groups is 1. The Bertz CT molecular complexity index is 430. The largest absolute Gasteiger partial charge is 0.493 e. The van der Waals surface area contributed by atoms with Crippen LogP contribution in [-0.4, -0.2) is 30.9 Å². The highest BCUT2D eigenvalue weighted by atomic mass is 16.6. The quantitative estimate of drug-likeness (QED) is 0.741. The average molecular weight is 282 g/mol. The van der Waals surface area contributed by atoms with Crippen molar-refractivity contribution in [2.75, 3.05) is 13.7 Å². The summed E-state index contributed by atoms with van der Waals surface area (Å²) in [6.07, 6.45) is 0.735. The minimum Gasteiger partial charge on any atom is -0.493 e. The maximum absolute atomic E-state index is 11.8. The number of carbonyl (C=O) groups is 1. The van der Waals surface area contributed by atoms with Gasteiger partial charge in [-0.1, -0.05) is 19.4 Å². The predicted molar refractivity (Wildman–Crippen MR) is 74.9 cm³/mol. The number of benzene rings is 1. The van der Waals surface area contributed by atoms with E-state index in [0.717, 1.165) is 12.0 Å². The first-order valence-corrected chi connectivity index (χ1v) is 6.77. The lowest BCUT2D eigenvalue weighted by Crippen LogP contribution is -2.29. The maximum atomic E-state index is 11.8. The average Bonchev–Trinajstić information content (AvgIpc) is 2.47. The zero-order valence-electron chi connectivity index (χ0n) is 12.2. The van der Waals surface area contributed by atoms with Crippen LogP contribution in [-0.2, 0) is 16.1 Å². The van der Waals surface area contributed by atoms with Crippen LogP contribution in [0.3, 0.4) is 0 Å². The van der Waals surface area contributed by atoms with Crippen molar-refractivity contribution in [1.29, 1.82) is 0 Å². The van der Waals surface area contributed by atoms with Crippen LogP contribution >= 0.6 is 0 Å². The third kappa shape index (κ3) is 4.42. The van der Waals surface area contributed by atoms with E-state index in [4.69, 9.17) is 19.3 Å². The molecule has 0 saturated heterocycles. The van der Waals surface area contributed by atoms with E-state index in [2.05, 4.69) is 0 Å². The van der Waals surface area contributed by atoms with Crippen molar-refractivity contribution in [3.05, 3.63) is 23.8 Å². The minimum atomic E-state index is -0.645. The molecule has 0 fully saturated rings. The summed E-state index contributed by atoms with van der Waals surface area (Å²) in [7, 11) is 1.52. The van der Waals surface area contributed by atoms with Crippen molar-refractivity contribution in [3.8, 4) is 11.5 Å². The van der Waals surface area contributed by atoms with Crippen molar-refractivity contribution >= 4 is 5.97 Å². The molecule has 0 amide bonds. The predicted octanol–water partition coefficient (Wildman–Crippen LogP) is 2.30. The van der Waals surface area contributed by atoms with E-state index in [1.54, 1.807) is 25.1 Å². The Morgan fingerprint density at radius 3 is 2.60 bits per heavy atom. The van der Waals surface area contributed by atoms with Crippen LogP contribution in [0.25, 0.3) is 0 Å². The summed E-state index contributed by atoms with van der Waals surface area (Å²) >= 11 is 0. The van der Waals surface area contributed by atoms with Crippen molar-refractivity contribution in [1.82, 2.24) is 0 Å². The van der Waals surface area contributed by atoms with Gasteiger partial charge in [-0.3, -0.25) is 0 Å². The molecule has 0 aliphatic rings. The topological polar surface area (TPSA) is 65.0 Å². The molecule has 0 saturated carbocycles. The first kappa shape index (κ1) is 16.3. The summed E-state index contributed by atoms with van der Waals surface area (Å²) in [5, 5.41) is 9.10. The van der Waals surface area contributed by atoms with Gasteiger partial charge in [0.25, 0.3) is 0 Å². The van der Waals surface area contributed by atoms with Gasteiger partial charge >= 0.3 is 5.97 Å². The highest BCUT2D eigenvalue weighted by molar-refractivity contribution is 5.75. The first-order chi connectivity index (χ1) is 9.65. The summed E-state index contributed by atoms with van der Waals surface area (Å²) in [5.74, 6) is 0.584. The molecule has 1 aromatic rings. The molecule has 5 heteroatoms. The Morgan fingerprint density at radius 2 is 2.05 bits per heavy atom. The van der Waals surface area contributed by atoms with E-state index in [1.165, 1.54) is 7.11 Å². The number of hydrogen-bond donors (Lipinski definition) is 1. The van der Waals surface area contributed by atoms with E-state index < -0.39 is 6.10 Å². The van der Waals surface area contributed by atoms with Gasteiger partial charge in [0.2, 0.25) is 0 Å². The Balaban J connectivity index is 2.89. The van der Waals surface area contributed by atoms with Crippen LogP contribution in [0, 0.1) is 0 Å². The summed E-state index contributed by atoms with van der Waals surface area (Å²) in [4.78, 5) is 11.8. The summed E-state index contributed by atoms with van der Waals surface area (Å²) in [6, 6.07) is 5.10. The van der Waals surface area contributed by atoms with Gasteiger partial charge in [0.05, 0.1) is 20.3 Å². The number of esters is 1. The van der Waals surface area contributed by atoms with Crippen LogP contribution in [0.1, 0.15) is 32.3 Å². The molecule has 1 aromatic carbocycles. The lowest BCUT2D eigenvalue weighted by Gasteiger charge is -2.19. The molecule has 1 N–H and O–H groups in total. The molecule has 5 nitrogen and oxygen atoms in total. The van der Waals surface area contributed by atoms with Crippen LogP contribution in [0.5, 0.6) is 11.5 Å². The van der Waals surface area contributed by atoms with Gasteiger partial charge in [-0.15, -0.1) is 0 Å². The molecule has 1 atom stereocenters. The molecule has 0 spiro atoms. The summed E-state index contributed by atoms with van der Waals surface area (Å²) < 4.78 is 15.9. The second-order valence-corrected chi connectivity index (χ2v) is 4.29. The first-order valence-electron chi connectivity index (χ1n) is 6.77. The minimum absolute atomic E-state index is 0.0765. The standard InChI is InChI=1S/C15H22O5/c1-4-6-13(15(17)19-5-2)20-12-8-7-11(10-16)9-14(12)18-3/h7-9,13,16H,4-6,10H2,1-3H3. The van der Waals surface area contributed by atoms with Crippen LogP contribution < -0.4 is 9.47 Å². The second-order valence-electron chi connectivity index (χ2n) is 4.29. The van der Waals surface area contributed by atoms with Gasteiger partial charge in [-0.2, -0.15) is 0 Å². The van der Waals surface area contributed by atoms with Gasteiger partial charge in [0.15, 0.2) is 17.6 Å². The summed E-state index contributed by atoms with van der Waals surface area (Å²) in [6.45, 7) is 3.98. The maximum Gasteiger partial charge on any atom is 0.347 e. The lowest BCUT2D eigenvalue weighted by molar-refractivity contribution is -0.151. The molecule has 0 bridgehead atoms. The van der Waals surface area contributed by atoms with Gasteiger partial charge < -0.3 is 19.3 Å². The van der Waals surface area contributed by atoms with Gasteiger partial charge in [0.1, 0.15) is 0 Å². The Morgan fingerprint density at radius 1 is 1.30 bits per heavy atom. The van der Waals surface area contributed by atoms with Crippen LogP contribution in [0.15, 0.2) is 18.2 Å². The molecular weight excluding hydrogens is 260 g/mol. The molecule has 0 heterocycles. The number of rotatable bonds is 8. The molecule has 0 aliphatic carbocycles. The number of ether oxygens (including phenoxy) is 3. The molecule has 1 rings (SSSR count). The zero-order chi connectivity index (χ0) is 15.0. The third-order valence-electron chi connectivity index (χ3n) is 2.78. The Kier molecular flexibility index (Phi) is 6.87. The fourth-order valence-corrected chi connectivity index (χ4v) is 1.78. The zero-order valence-corrected chi connectivity index (χ0v) is 12.2. The van der Waals surface area contributed by atoms with Gasteiger partial charge in [-0.25, -0.2) is 4.79 Å². The van der Waals surface area contributed by atoms with Crippen molar-refractivity contribution in [2.24, 2.45) is 0 Å². The van der Waals surface area contributed by atoms with Crippen molar-refractivity contribution in [2.45, 2.75) is 39.4 Å². The van der Waals surface area contributed by atoms with Gasteiger partial charge in [0, 0.05) is 0 Å². The fraction of sp³-hybridized carbons (Fsp3) is 0.533. The molecule has 112 valence electrons. The van der Waals surface area contributed by atoms with Crippen molar-refractivity contribution in [3.63, 3.8) is 0 Å². The summed E-state index contributed by atoms with van der Waals surface area (Å²) in [5.41, 5.74) is 0.720. The van der Waals surface area contributed by atoms with E-state index in [9.17, 15) is 4.79 Å². The highest BCUT2D eigenvalue weighted by Crippen LogP contribution is 2.29. The third-order valence-corrected chi connectivity index (χ3v) is 2.78. The number of carbonyl (C=O) groups excluding carboxylic acids is 1. The number of methoxy groups -OCH3 is 1. The van der Waals surface area contributed by atoms with Crippen LogP contribution in [0.2, 0.25) is 0 Å². The lowest BCUT2D eigenvalue weighted by atomic mass is 10.2. The van der Waals surface area contributed by atoms with E-state index in [1.807, 2.05) is 6.92 Å². The molecule has 20 heavy (non-hydrogen) atoms. The van der Waals surface area contributed by atoms with Crippen LogP contribution in [0.4, 0.5) is 0 Å². The smallest absolute Gasteiger partial charge is 0.347 e. The SMILES string of the molecule is CCCC(Oc1ccc(CO)cc1OC)C(=O)OCC. The van der Waals surface area contributed by atoms with Gasteiger partial charge in [-0.05, 0) is 31.0 Å². The molecular formula is C15H22O5. The fourth-order valence-electron chi connectivity index (χ4n) is 1.78. The Labute approximate surface area is 119 Å². The molecule has 0 aromatic heterocycles. The Hall–Kier alpha value is -1.75. The van der Waals surface area contributed by atoms with E-state index in [0.29, 0.717) is 24.5 Å². The molecule has 0 radical (unpaired) electrons. The second kappa shape index (κ2) is 8.43. The van der Waals surface area contributed by atoms with Crippen molar-refractivity contribution < 1.29 is 24.1 Å². The highest BCUT2D eigenvalue weighted by Gasteiger charge is 2.22. The number of aliphatic hydroxyl groups excluding tert-OH is 1. The normalized spacial score (nSPS) is 11.8. The van der Waals surface area contributed by atoms with E-state index >= 15 is 0 Å².